The van der Waals surface area contributed by atoms with Gasteiger partial charge in [-0.1, -0.05) is 10.4 Å². The largest absolute Gasteiger partial charge is 0.380 e. The molecular formula is C18H25FN6O4. The van der Waals surface area contributed by atoms with Crippen molar-refractivity contribution in [3.63, 3.8) is 0 Å². The number of carbonyl (C=O) groups is 2. The molecule has 1 fully saturated rings. The number of hydrogen-bond donors (Lipinski definition) is 1. The highest BCUT2D eigenvalue weighted by Gasteiger charge is 2.38. The quantitative estimate of drug-likeness (QED) is 0.730. The summed E-state index contributed by atoms with van der Waals surface area (Å²) < 4.78 is 25.8. The Morgan fingerprint density at radius 1 is 1.45 bits per heavy atom. The van der Waals surface area contributed by atoms with Crippen LogP contribution in [0.5, 0.6) is 0 Å². The minimum Gasteiger partial charge on any atom is -0.380 e. The lowest BCUT2D eigenvalue weighted by molar-refractivity contribution is 0.0699. The van der Waals surface area contributed by atoms with Crippen LogP contribution in [0.1, 0.15) is 52.6 Å². The monoisotopic (exact) mass is 408 g/mol. The van der Waals surface area contributed by atoms with Crippen LogP contribution in [0.2, 0.25) is 0 Å². The Morgan fingerprint density at radius 2 is 2.21 bits per heavy atom. The maximum Gasteiger partial charge on any atom is 0.276 e. The van der Waals surface area contributed by atoms with Gasteiger partial charge in [0, 0.05) is 19.6 Å². The Bertz CT molecular complexity index is 880. The standard InChI is InChI=1S/C18H25FN6O4/c1-10(2)20-17(26)15-8-24(23-21-15)7-13-5-12(19)6-25(13)18(27)16-14(9-28-4)11(3)29-22-16/h8,10,12-13H,5-7,9H2,1-4H3,(H,20,26). The van der Waals surface area contributed by atoms with Crippen molar-refractivity contribution in [3.8, 4) is 0 Å². The summed E-state index contributed by atoms with van der Waals surface area (Å²) in [7, 11) is 1.51. The summed E-state index contributed by atoms with van der Waals surface area (Å²) in [6, 6.07) is -0.484. The molecule has 0 aliphatic carbocycles. The van der Waals surface area contributed by atoms with Crippen LogP contribution in [-0.4, -0.2) is 68.8 Å². The first-order valence-electron chi connectivity index (χ1n) is 9.40. The number of rotatable bonds is 7. The molecule has 10 nitrogen and oxygen atoms in total. The van der Waals surface area contributed by atoms with E-state index in [1.54, 1.807) is 6.92 Å². The minimum atomic E-state index is -1.16. The van der Waals surface area contributed by atoms with Crippen LogP contribution in [0.15, 0.2) is 10.7 Å². The van der Waals surface area contributed by atoms with E-state index in [4.69, 9.17) is 9.26 Å². The zero-order valence-electron chi connectivity index (χ0n) is 16.9. The van der Waals surface area contributed by atoms with Gasteiger partial charge in [-0.2, -0.15) is 0 Å². The Hall–Kier alpha value is -2.82. The lowest BCUT2D eigenvalue weighted by Crippen LogP contribution is -2.39. The summed E-state index contributed by atoms with van der Waals surface area (Å²) >= 11 is 0. The molecule has 1 aliphatic heterocycles. The summed E-state index contributed by atoms with van der Waals surface area (Å²) in [5.41, 5.74) is 0.840. The second-order valence-corrected chi connectivity index (χ2v) is 7.40. The average Bonchev–Trinajstić information content (AvgIpc) is 3.35. The maximum atomic E-state index is 14.2. The van der Waals surface area contributed by atoms with E-state index in [-0.39, 0.29) is 49.5 Å². The summed E-state index contributed by atoms with van der Waals surface area (Å²) in [6.45, 7) is 5.72. The number of aryl methyl sites for hydroxylation is 1. The first kappa shape index (κ1) is 20.9. The molecule has 1 N–H and O–H groups in total. The van der Waals surface area contributed by atoms with E-state index in [0.717, 1.165) is 0 Å². The molecule has 29 heavy (non-hydrogen) atoms. The van der Waals surface area contributed by atoms with Gasteiger partial charge in [-0.25, -0.2) is 9.07 Å². The van der Waals surface area contributed by atoms with Crippen molar-refractivity contribution in [1.29, 1.82) is 0 Å². The minimum absolute atomic E-state index is 0.0323. The molecule has 3 heterocycles. The molecule has 0 radical (unpaired) electrons. The number of likely N-dealkylation sites (tertiary alicyclic amines) is 1. The first-order valence-corrected chi connectivity index (χ1v) is 9.40. The highest BCUT2D eigenvalue weighted by Crippen LogP contribution is 2.26. The smallest absolute Gasteiger partial charge is 0.276 e. The molecule has 1 saturated heterocycles. The molecule has 2 aromatic heterocycles. The lowest BCUT2D eigenvalue weighted by Gasteiger charge is -2.23. The molecule has 2 atom stereocenters. The highest BCUT2D eigenvalue weighted by atomic mass is 19.1. The van der Waals surface area contributed by atoms with E-state index < -0.39 is 18.1 Å². The van der Waals surface area contributed by atoms with Gasteiger partial charge in [0.2, 0.25) is 0 Å². The topological polar surface area (TPSA) is 115 Å². The molecule has 0 saturated carbocycles. The third-order valence-electron chi connectivity index (χ3n) is 4.69. The van der Waals surface area contributed by atoms with Crippen molar-refractivity contribution in [3.05, 3.63) is 28.9 Å². The third kappa shape index (κ3) is 4.61. The predicted molar refractivity (Wildman–Crippen MR) is 98.9 cm³/mol. The van der Waals surface area contributed by atoms with Crippen molar-refractivity contribution < 1.29 is 23.2 Å². The van der Waals surface area contributed by atoms with Crippen LogP contribution in [0, 0.1) is 6.92 Å². The van der Waals surface area contributed by atoms with Crippen LogP contribution in [0.25, 0.3) is 0 Å². The molecule has 3 rings (SSSR count). The molecule has 158 valence electrons. The average molecular weight is 408 g/mol. The summed E-state index contributed by atoms with van der Waals surface area (Å²) in [5.74, 6) is -0.270. The summed E-state index contributed by atoms with van der Waals surface area (Å²) in [5, 5.41) is 14.4. The Balaban J connectivity index is 1.75. The van der Waals surface area contributed by atoms with E-state index in [1.165, 1.54) is 22.9 Å². The lowest BCUT2D eigenvalue weighted by atomic mass is 10.1. The van der Waals surface area contributed by atoms with Crippen LogP contribution >= 0.6 is 0 Å². The van der Waals surface area contributed by atoms with Crippen molar-refractivity contribution in [1.82, 2.24) is 30.4 Å². The number of aromatic nitrogens is 4. The summed E-state index contributed by atoms with van der Waals surface area (Å²) in [4.78, 5) is 26.5. The maximum absolute atomic E-state index is 14.2. The van der Waals surface area contributed by atoms with E-state index in [9.17, 15) is 14.0 Å². The number of methoxy groups -OCH3 is 1. The zero-order chi connectivity index (χ0) is 21.1. The molecule has 0 aromatic carbocycles. The van der Waals surface area contributed by atoms with Crippen molar-refractivity contribution >= 4 is 11.8 Å². The molecule has 1 aliphatic rings. The van der Waals surface area contributed by atoms with Crippen molar-refractivity contribution in [2.75, 3.05) is 13.7 Å². The fraction of sp³-hybridized carbons (Fsp3) is 0.611. The van der Waals surface area contributed by atoms with E-state index in [0.29, 0.717) is 11.3 Å². The van der Waals surface area contributed by atoms with Gasteiger partial charge >= 0.3 is 0 Å². The second kappa shape index (κ2) is 8.68. The number of halogens is 1. The van der Waals surface area contributed by atoms with Crippen LogP contribution in [0.4, 0.5) is 4.39 Å². The number of ether oxygens (including phenoxy) is 1. The zero-order valence-corrected chi connectivity index (χ0v) is 16.9. The Labute approximate surface area is 167 Å². The molecule has 2 amide bonds. The number of amides is 2. The predicted octanol–water partition coefficient (Wildman–Crippen LogP) is 1.11. The van der Waals surface area contributed by atoms with Gasteiger partial charge < -0.3 is 19.5 Å². The van der Waals surface area contributed by atoms with Gasteiger partial charge in [0.25, 0.3) is 11.8 Å². The SMILES string of the molecule is COCc1c(C(=O)N2CC(F)CC2Cn2cc(C(=O)NC(C)C)nn2)noc1C. The second-order valence-electron chi connectivity index (χ2n) is 7.40. The molecule has 11 heteroatoms. The van der Waals surface area contributed by atoms with E-state index in [1.807, 2.05) is 13.8 Å². The molecular weight excluding hydrogens is 383 g/mol. The van der Waals surface area contributed by atoms with Crippen LogP contribution < -0.4 is 5.32 Å². The van der Waals surface area contributed by atoms with Crippen LogP contribution in [0.3, 0.4) is 0 Å². The van der Waals surface area contributed by atoms with Gasteiger partial charge in [-0.15, -0.1) is 5.10 Å². The van der Waals surface area contributed by atoms with E-state index in [2.05, 4.69) is 20.8 Å². The molecule has 0 bridgehead atoms. The van der Waals surface area contributed by atoms with Gasteiger partial charge in [0.05, 0.1) is 37.5 Å². The number of hydrogen-bond acceptors (Lipinski definition) is 7. The number of carbonyl (C=O) groups excluding carboxylic acids is 2. The van der Waals surface area contributed by atoms with Gasteiger partial charge in [0.15, 0.2) is 11.4 Å². The number of nitrogens with one attached hydrogen (secondary N) is 1. The van der Waals surface area contributed by atoms with Gasteiger partial charge in [-0.05, 0) is 20.8 Å². The highest BCUT2D eigenvalue weighted by molar-refractivity contribution is 5.94. The van der Waals surface area contributed by atoms with Gasteiger partial charge in [-0.3, -0.25) is 9.59 Å². The Morgan fingerprint density at radius 3 is 2.90 bits per heavy atom. The normalized spacial score (nSPS) is 19.2. The van der Waals surface area contributed by atoms with Crippen LogP contribution in [-0.2, 0) is 17.9 Å². The fourth-order valence-electron chi connectivity index (χ4n) is 3.33. The molecule has 2 unspecified atom stereocenters. The number of nitrogens with zero attached hydrogens (tertiary/aromatic N) is 5. The molecule has 0 spiro atoms. The third-order valence-corrected chi connectivity index (χ3v) is 4.69. The number of alkyl halides is 1. The molecule has 2 aromatic rings. The Kier molecular flexibility index (Phi) is 6.26. The van der Waals surface area contributed by atoms with E-state index >= 15 is 0 Å². The van der Waals surface area contributed by atoms with Gasteiger partial charge in [0.1, 0.15) is 11.9 Å². The summed E-state index contributed by atoms with van der Waals surface area (Å²) in [6.07, 6.45) is 0.494. The van der Waals surface area contributed by atoms with Crippen molar-refractivity contribution in [2.45, 2.75) is 58.6 Å². The first-order chi connectivity index (χ1) is 13.8. The van der Waals surface area contributed by atoms with Crippen molar-refractivity contribution in [2.24, 2.45) is 0 Å². The fourth-order valence-corrected chi connectivity index (χ4v) is 3.33.